The molecule has 2 N–H and O–H groups in total. The molecule has 0 saturated heterocycles. The Balaban J connectivity index is 1.89. The number of amides is 1. The SMILES string of the molecule is CCC(C(=O)NCCc1ccc(C(=O)O)cc1)c1ccc(OC)cc1. The van der Waals surface area contributed by atoms with Crippen LogP contribution < -0.4 is 10.1 Å². The quantitative estimate of drug-likeness (QED) is 0.773. The van der Waals surface area contributed by atoms with Crippen LogP contribution in [0, 0.1) is 0 Å². The summed E-state index contributed by atoms with van der Waals surface area (Å²) in [6.07, 6.45) is 1.37. The van der Waals surface area contributed by atoms with Crippen molar-refractivity contribution in [2.24, 2.45) is 0 Å². The zero-order valence-electron chi connectivity index (χ0n) is 14.5. The van der Waals surface area contributed by atoms with Gasteiger partial charge in [0.15, 0.2) is 0 Å². The monoisotopic (exact) mass is 341 g/mol. The van der Waals surface area contributed by atoms with E-state index in [2.05, 4.69) is 5.32 Å². The fourth-order valence-electron chi connectivity index (χ4n) is 2.68. The molecule has 0 aromatic heterocycles. The van der Waals surface area contributed by atoms with Gasteiger partial charge in [-0.25, -0.2) is 4.79 Å². The Kier molecular flexibility index (Phi) is 6.57. The van der Waals surface area contributed by atoms with Crippen LogP contribution in [-0.4, -0.2) is 30.6 Å². The van der Waals surface area contributed by atoms with E-state index in [1.165, 1.54) is 0 Å². The Labute approximate surface area is 147 Å². The number of aromatic carboxylic acids is 1. The highest BCUT2D eigenvalue weighted by molar-refractivity contribution is 5.87. The molecular weight excluding hydrogens is 318 g/mol. The third-order valence-electron chi connectivity index (χ3n) is 4.16. The van der Waals surface area contributed by atoms with Crippen LogP contribution in [0.3, 0.4) is 0 Å². The van der Waals surface area contributed by atoms with E-state index < -0.39 is 5.97 Å². The van der Waals surface area contributed by atoms with Crippen LogP contribution in [0.5, 0.6) is 5.75 Å². The minimum Gasteiger partial charge on any atom is -0.497 e. The van der Waals surface area contributed by atoms with Gasteiger partial charge < -0.3 is 15.2 Å². The van der Waals surface area contributed by atoms with Crippen molar-refractivity contribution in [1.82, 2.24) is 5.32 Å². The second-order valence-corrected chi connectivity index (χ2v) is 5.78. The second kappa shape index (κ2) is 8.87. The summed E-state index contributed by atoms with van der Waals surface area (Å²) in [4.78, 5) is 23.3. The van der Waals surface area contributed by atoms with Crippen LogP contribution >= 0.6 is 0 Å². The molecule has 25 heavy (non-hydrogen) atoms. The molecular formula is C20H23NO4. The molecule has 0 aliphatic carbocycles. The number of nitrogens with one attached hydrogen (secondary N) is 1. The molecule has 1 atom stereocenters. The minimum absolute atomic E-state index is 0.00479. The number of carbonyl (C=O) groups is 2. The van der Waals surface area contributed by atoms with Gasteiger partial charge in [-0.3, -0.25) is 4.79 Å². The van der Waals surface area contributed by atoms with Gasteiger partial charge in [-0.1, -0.05) is 31.2 Å². The van der Waals surface area contributed by atoms with Crippen LogP contribution in [0.1, 0.15) is 40.7 Å². The maximum absolute atomic E-state index is 12.4. The third-order valence-corrected chi connectivity index (χ3v) is 4.16. The van der Waals surface area contributed by atoms with Gasteiger partial charge >= 0.3 is 5.97 Å². The third kappa shape index (κ3) is 5.08. The van der Waals surface area contributed by atoms with Crippen molar-refractivity contribution in [3.05, 3.63) is 65.2 Å². The number of ether oxygens (including phenoxy) is 1. The summed E-state index contributed by atoms with van der Waals surface area (Å²) < 4.78 is 5.14. The van der Waals surface area contributed by atoms with E-state index in [0.717, 1.165) is 16.9 Å². The van der Waals surface area contributed by atoms with Crippen LogP contribution in [0.25, 0.3) is 0 Å². The molecule has 5 nitrogen and oxygen atoms in total. The first-order chi connectivity index (χ1) is 12.0. The molecule has 0 heterocycles. The second-order valence-electron chi connectivity index (χ2n) is 5.78. The molecule has 0 fully saturated rings. The minimum atomic E-state index is -0.940. The largest absolute Gasteiger partial charge is 0.497 e. The number of carboxylic acid groups (broad SMARTS) is 1. The molecule has 1 unspecified atom stereocenters. The predicted octanol–water partition coefficient (Wildman–Crippen LogP) is 3.25. The van der Waals surface area contributed by atoms with E-state index in [1.54, 1.807) is 31.4 Å². The van der Waals surface area contributed by atoms with Crippen molar-refractivity contribution in [1.29, 1.82) is 0 Å². The highest BCUT2D eigenvalue weighted by Gasteiger charge is 2.18. The van der Waals surface area contributed by atoms with E-state index >= 15 is 0 Å². The van der Waals surface area contributed by atoms with Gasteiger partial charge in [-0.05, 0) is 48.2 Å². The normalized spacial score (nSPS) is 11.6. The lowest BCUT2D eigenvalue weighted by molar-refractivity contribution is -0.122. The molecule has 0 bridgehead atoms. The average molecular weight is 341 g/mol. The molecule has 2 rings (SSSR count). The van der Waals surface area contributed by atoms with Crippen LogP contribution in [0.15, 0.2) is 48.5 Å². The molecule has 0 radical (unpaired) electrons. The van der Waals surface area contributed by atoms with Crippen molar-refractivity contribution in [2.45, 2.75) is 25.7 Å². The zero-order valence-corrected chi connectivity index (χ0v) is 14.5. The van der Waals surface area contributed by atoms with Crippen molar-refractivity contribution in [3.8, 4) is 5.75 Å². The van der Waals surface area contributed by atoms with E-state index in [1.807, 2.05) is 31.2 Å². The number of carbonyl (C=O) groups excluding carboxylic acids is 1. The van der Waals surface area contributed by atoms with Crippen molar-refractivity contribution >= 4 is 11.9 Å². The standard InChI is InChI=1S/C20H23NO4/c1-3-18(15-8-10-17(25-2)11-9-15)19(22)21-13-12-14-4-6-16(7-5-14)20(23)24/h4-11,18H,3,12-13H2,1-2H3,(H,21,22)(H,23,24). The molecule has 0 aliphatic heterocycles. The number of hydrogen-bond acceptors (Lipinski definition) is 3. The maximum Gasteiger partial charge on any atom is 0.335 e. The van der Waals surface area contributed by atoms with Gasteiger partial charge in [0.25, 0.3) is 0 Å². The number of rotatable bonds is 8. The lowest BCUT2D eigenvalue weighted by Crippen LogP contribution is -2.30. The Morgan fingerprint density at radius 2 is 1.72 bits per heavy atom. The summed E-state index contributed by atoms with van der Waals surface area (Å²) in [6.45, 7) is 2.50. The molecule has 0 saturated carbocycles. The summed E-state index contributed by atoms with van der Waals surface area (Å²) in [5.74, 6) is -0.371. The van der Waals surface area contributed by atoms with Crippen LogP contribution in [-0.2, 0) is 11.2 Å². The molecule has 132 valence electrons. The van der Waals surface area contributed by atoms with Crippen molar-refractivity contribution < 1.29 is 19.4 Å². The van der Waals surface area contributed by atoms with E-state index in [4.69, 9.17) is 9.84 Å². The molecule has 2 aromatic rings. The summed E-state index contributed by atoms with van der Waals surface area (Å²) >= 11 is 0. The molecule has 0 spiro atoms. The van der Waals surface area contributed by atoms with Gasteiger partial charge in [0, 0.05) is 6.54 Å². The number of hydrogen-bond donors (Lipinski definition) is 2. The fraction of sp³-hybridized carbons (Fsp3) is 0.300. The van der Waals surface area contributed by atoms with E-state index in [9.17, 15) is 9.59 Å². The number of benzene rings is 2. The first-order valence-electron chi connectivity index (χ1n) is 8.29. The fourth-order valence-corrected chi connectivity index (χ4v) is 2.68. The summed E-state index contributed by atoms with van der Waals surface area (Å²) in [6, 6.07) is 14.2. The maximum atomic E-state index is 12.4. The zero-order chi connectivity index (χ0) is 18.2. The van der Waals surface area contributed by atoms with Gasteiger partial charge in [-0.2, -0.15) is 0 Å². The number of methoxy groups -OCH3 is 1. The van der Waals surface area contributed by atoms with Gasteiger partial charge in [0.2, 0.25) is 5.91 Å². The Hall–Kier alpha value is -2.82. The van der Waals surface area contributed by atoms with E-state index in [0.29, 0.717) is 19.4 Å². The lowest BCUT2D eigenvalue weighted by Gasteiger charge is -2.16. The molecule has 5 heteroatoms. The smallest absolute Gasteiger partial charge is 0.335 e. The van der Waals surface area contributed by atoms with Crippen molar-refractivity contribution in [2.75, 3.05) is 13.7 Å². The van der Waals surface area contributed by atoms with Crippen LogP contribution in [0.4, 0.5) is 0 Å². The Bertz CT molecular complexity index is 707. The summed E-state index contributed by atoms with van der Waals surface area (Å²) in [5, 5.41) is 11.8. The number of carboxylic acids is 1. The van der Waals surface area contributed by atoms with Crippen molar-refractivity contribution in [3.63, 3.8) is 0 Å². The average Bonchev–Trinajstić information content (AvgIpc) is 2.63. The topological polar surface area (TPSA) is 75.6 Å². The van der Waals surface area contributed by atoms with Gasteiger partial charge in [-0.15, -0.1) is 0 Å². The molecule has 0 aliphatic rings. The first kappa shape index (κ1) is 18.5. The molecule has 1 amide bonds. The van der Waals surface area contributed by atoms with Crippen LogP contribution in [0.2, 0.25) is 0 Å². The predicted molar refractivity (Wildman–Crippen MR) is 96.1 cm³/mol. The Morgan fingerprint density at radius 1 is 1.08 bits per heavy atom. The highest BCUT2D eigenvalue weighted by Crippen LogP contribution is 2.22. The lowest BCUT2D eigenvalue weighted by atomic mass is 9.95. The first-order valence-corrected chi connectivity index (χ1v) is 8.29. The summed E-state index contributed by atoms with van der Waals surface area (Å²) in [7, 11) is 1.61. The highest BCUT2D eigenvalue weighted by atomic mass is 16.5. The summed E-state index contributed by atoms with van der Waals surface area (Å²) in [5.41, 5.74) is 2.22. The Morgan fingerprint density at radius 3 is 2.24 bits per heavy atom. The molecule has 2 aromatic carbocycles. The van der Waals surface area contributed by atoms with E-state index in [-0.39, 0.29) is 17.4 Å². The van der Waals surface area contributed by atoms with Gasteiger partial charge in [0.05, 0.1) is 18.6 Å². The van der Waals surface area contributed by atoms with Gasteiger partial charge in [0.1, 0.15) is 5.75 Å².